The molecule has 1 aliphatic heterocycles. The van der Waals surface area contributed by atoms with Crippen molar-refractivity contribution in [2.45, 2.75) is 44.9 Å². The molecule has 0 saturated carbocycles. The van der Waals surface area contributed by atoms with Gasteiger partial charge in [0.25, 0.3) is 0 Å². The van der Waals surface area contributed by atoms with Gasteiger partial charge < -0.3 is 19.9 Å². The van der Waals surface area contributed by atoms with E-state index in [1.165, 1.54) is 0 Å². The average molecular weight is 368 g/mol. The van der Waals surface area contributed by atoms with Gasteiger partial charge in [0.1, 0.15) is 11.6 Å². The number of hydrogen-bond acceptors (Lipinski definition) is 6. The molecule has 0 aromatic heterocycles. The molecule has 1 heterocycles. The van der Waals surface area contributed by atoms with Gasteiger partial charge in [-0.3, -0.25) is 4.79 Å². The molecular weight excluding hydrogens is 344 g/mol. The lowest BCUT2D eigenvalue weighted by atomic mass is 9.78. The number of nitrogens with two attached hydrogens (primary N) is 1. The molecule has 2 aliphatic rings. The van der Waals surface area contributed by atoms with Crippen molar-refractivity contribution in [2.75, 3.05) is 13.7 Å². The number of ketones is 1. The molecule has 3 rings (SSSR count). The molecule has 0 unspecified atom stereocenters. The van der Waals surface area contributed by atoms with Crippen LogP contribution < -0.4 is 15.2 Å². The van der Waals surface area contributed by atoms with Gasteiger partial charge in [0.15, 0.2) is 23.0 Å². The van der Waals surface area contributed by atoms with Gasteiger partial charge in [0.05, 0.1) is 13.7 Å². The number of nitrogens with zero attached hydrogens (tertiary/aromatic N) is 1. The van der Waals surface area contributed by atoms with Crippen molar-refractivity contribution in [1.82, 2.24) is 0 Å². The smallest absolute Gasteiger partial charge is 0.205 e. The maximum atomic E-state index is 12.3. The van der Waals surface area contributed by atoms with Crippen molar-refractivity contribution in [1.29, 1.82) is 5.26 Å². The first-order valence-corrected chi connectivity index (χ1v) is 9.25. The molecule has 0 saturated heterocycles. The van der Waals surface area contributed by atoms with E-state index in [1.54, 1.807) is 7.11 Å². The first-order chi connectivity index (χ1) is 13.1. The highest BCUT2D eigenvalue weighted by molar-refractivity contribution is 5.96. The van der Waals surface area contributed by atoms with Crippen LogP contribution in [0.25, 0.3) is 0 Å². The Kier molecular flexibility index (Phi) is 5.70. The summed E-state index contributed by atoms with van der Waals surface area (Å²) in [5.74, 6) is 1.08. The first kappa shape index (κ1) is 18.8. The molecule has 2 N–H and O–H groups in total. The van der Waals surface area contributed by atoms with Crippen molar-refractivity contribution in [2.24, 2.45) is 5.73 Å². The average Bonchev–Trinajstić information content (AvgIpc) is 2.68. The van der Waals surface area contributed by atoms with Crippen LogP contribution in [-0.4, -0.2) is 19.5 Å². The van der Waals surface area contributed by atoms with E-state index in [1.807, 2.05) is 18.2 Å². The van der Waals surface area contributed by atoms with Gasteiger partial charge in [-0.15, -0.1) is 0 Å². The number of Topliss-reactive ketones (excluding diaryl/α,β-unsaturated/α-hetero) is 1. The van der Waals surface area contributed by atoms with Crippen molar-refractivity contribution in [3.05, 3.63) is 46.6 Å². The van der Waals surface area contributed by atoms with Gasteiger partial charge in [0.2, 0.25) is 5.88 Å². The Labute approximate surface area is 159 Å². The Bertz CT molecular complexity index is 848. The number of unbranched alkanes of at least 4 members (excludes halogenated alkanes) is 1. The minimum Gasteiger partial charge on any atom is -0.493 e. The predicted octanol–water partition coefficient (Wildman–Crippen LogP) is 3.69. The van der Waals surface area contributed by atoms with E-state index in [0.29, 0.717) is 42.3 Å². The van der Waals surface area contributed by atoms with Crippen LogP contribution in [0.1, 0.15) is 50.5 Å². The van der Waals surface area contributed by atoms with Crippen molar-refractivity contribution in [3.63, 3.8) is 0 Å². The lowest BCUT2D eigenvalue weighted by Gasteiger charge is -2.31. The second kappa shape index (κ2) is 8.17. The van der Waals surface area contributed by atoms with Gasteiger partial charge in [0, 0.05) is 12.3 Å². The standard InChI is InChI=1S/C21H24N2O4/c1-3-4-10-26-17-9-8-13(11-18(17)25-2)19-14-6-5-7-16(24)20(14)27-21(23)15(19)12-22/h8-9,11,19H,3-7,10,23H2,1-2H3/t19-/m1/s1. The lowest BCUT2D eigenvalue weighted by Crippen LogP contribution is -2.26. The maximum absolute atomic E-state index is 12.3. The van der Waals surface area contributed by atoms with E-state index in [2.05, 4.69) is 13.0 Å². The second-order valence-corrected chi connectivity index (χ2v) is 6.67. The van der Waals surface area contributed by atoms with Crippen LogP contribution in [0, 0.1) is 11.3 Å². The Morgan fingerprint density at radius 2 is 2.15 bits per heavy atom. The number of carbonyl (C=O) groups is 1. The molecule has 0 radical (unpaired) electrons. The van der Waals surface area contributed by atoms with Crippen LogP contribution in [0.5, 0.6) is 11.5 Å². The summed E-state index contributed by atoms with van der Waals surface area (Å²) >= 11 is 0. The number of rotatable bonds is 6. The molecule has 1 aliphatic carbocycles. The predicted molar refractivity (Wildman–Crippen MR) is 99.9 cm³/mol. The van der Waals surface area contributed by atoms with Gasteiger partial charge in [-0.05, 0) is 42.5 Å². The number of benzene rings is 1. The summed E-state index contributed by atoms with van der Waals surface area (Å²) < 4.78 is 16.8. The summed E-state index contributed by atoms with van der Waals surface area (Å²) in [6.45, 7) is 2.72. The molecule has 1 atom stereocenters. The van der Waals surface area contributed by atoms with E-state index < -0.39 is 5.92 Å². The Balaban J connectivity index is 2.02. The number of nitriles is 1. The summed E-state index contributed by atoms with van der Waals surface area (Å²) in [5.41, 5.74) is 7.94. The lowest BCUT2D eigenvalue weighted by molar-refractivity contribution is -0.119. The zero-order valence-electron chi connectivity index (χ0n) is 15.7. The van der Waals surface area contributed by atoms with E-state index in [-0.39, 0.29) is 11.7 Å². The maximum Gasteiger partial charge on any atom is 0.205 e. The zero-order chi connectivity index (χ0) is 19.4. The first-order valence-electron chi connectivity index (χ1n) is 9.25. The molecule has 0 bridgehead atoms. The van der Waals surface area contributed by atoms with Gasteiger partial charge in [-0.25, -0.2) is 0 Å². The molecule has 0 spiro atoms. The van der Waals surface area contributed by atoms with Gasteiger partial charge in [-0.1, -0.05) is 19.4 Å². The highest BCUT2D eigenvalue weighted by Gasteiger charge is 2.37. The molecular formula is C21H24N2O4. The molecule has 142 valence electrons. The quantitative estimate of drug-likeness (QED) is 0.770. The minimum absolute atomic E-state index is 0.00117. The van der Waals surface area contributed by atoms with E-state index in [9.17, 15) is 10.1 Å². The second-order valence-electron chi connectivity index (χ2n) is 6.67. The minimum atomic E-state index is -0.401. The third-order valence-corrected chi connectivity index (χ3v) is 4.91. The zero-order valence-corrected chi connectivity index (χ0v) is 15.7. The number of methoxy groups -OCH3 is 1. The van der Waals surface area contributed by atoms with E-state index in [4.69, 9.17) is 19.9 Å². The summed E-state index contributed by atoms with van der Waals surface area (Å²) in [6.07, 6.45) is 3.88. The number of allylic oxidation sites excluding steroid dienone is 3. The fraction of sp³-hybridized carbons (Fsp3) is 0.429. The largest absolute Gasteiger partial charge is 0.493 e. The summed E-state index contributed by atoms with van der Waals surface area (Å²) in [6, 6.07) is 7.75. The SMILES string of the molecule is CCCCOc1ccc([C@H]2C(C#N)=C(N)OC3=C2CCCC3=O)cc1OC. The monoisotopic (exact) mass is 368 g/mol. The number of hydrogen-bond donors (Lipinski definition) is 1. The third kappa shape index (κ3) is 3.63. The van der Waals surface area contributed by atoms with Crippen LogP contribution in [0.3, 0.4) is 0 Å². The molecule has 1 aromatic rings. The van der Waals surface area contributed by atoms with E-state index in [0.717, 1.165) is 30.4 Å². The Hall–Kier alpha value is -2.94. The fourth-order valence-corrected chi connectivity index (χ4v) is 3.52. The van der Waals surface area contributed by atoms with Crippen LogP contribution in [-0.2, 0) is 9.53 Å². The summed E-state index contributed by atoms with van der Waals surface area (Å²) in [5, 5.41) is 9.64. The van der Waals surface area contributed by atoms with Crippen LogP contribution in [0.4, 0.5) is 0 Å². The van der Waals surface area contributed by atoms with E-state index >= 15 is 0 Å². The molecule has 6 nitrogen and oxygen atoms in total. The van der Waals surface area contributed by atoms with Gasteiger partial charge >= 0.3 is 0 Å². The molecule has 0 amide bonds. The molecule has 0 fully saturated rings. The van der Waals surface area contributed by atoms with Crippen LogP contribution in [0.15, 0.2) is 41.0 Å². The topological polar surface area (TPSA) is 94.6 Å². The van der Waals surface area contributed by atoms with Crippen molar-refractivity contribution < 1.29 is 19.0 Å². The van der Waals surface area contributed by atoms with Crippen molar-refractivity contribution >= 4 is 5.78 Å². The molecule has 6 heteroatoms. The van der Waals surface area contributed by atoms with Crippen molar-refractivity contribution in [3.8, 4) is 17.6 Å². The number of ether oxygens (including phenoxy) is 3. The number of carbonyl (C=O) groups excluding carboxylic acids is 1. The highest BCUT2D eigenvalue weighted by Crippen LogP contribution is 2.45. The van der Waals surface area contributed by atoms with Gasteiger partial charge in [-0.2, -0.15) is 5.26 Å². The van der Waals surface area contributed by atoms with Crippen LogP contribution in [0.2, 0.25) is 0 Å². The summed E-state index contributed by atoms with van der Waals surface area (Å²) in [7, 11) is 1.58. The Morgan fingerprint density at radius 1 is 1.33 bits per heavy atom. The normalized spacial score (nSPS) is 19.3. The molecule has 1 aromatic carbocycles. The summed E-state index contributed by atoms with van der Waals surface area (Å²) in [4.78, 5) is 12.3. The third-order valence-electron chi connectivity index (χ3n) is 4.91. The van der Waals surface area contributed by atoms with Crippen LogP contribution >= 0.6 is 0 Å². The Morgan fingerprint density at radius 3 is 2.85 bits per heavy atom. The molecule has 27 heavy (non-hydrogen) atoms. The fourth-order valence-electron chi connectivity index (χ4n) is 3.52. The highest BCUT2D eigenvalue weighted by atomic mass is 16.5.